The molecule has 0 unspecified atom stereocenters. The van der Waals surface area contributed by atoms with E-state index in [9.17, 15) is 8.78 Å². The molecule has 1 rings (SSSR count). The lowest BCUT2D eigenvalue weighted by atomic mass is 10.1. The van der Waals surface area contributed by atoms with Crippen LogP contribution in [0.5, 0.6) is 5.75 Å². The number of ether oxygens (including phenoxy) is 1. The van der Waals surface area contributed by atoms with Gasteiger partial charge < -0.3 is 9.84 Å². The summed E-state index contributed by atoms with van der Waals surface area (Å²) in [6.45, 7) is 4.81. The second-order valence-corrected chi connectivity index (χ2v) is 4.89. The van der Waals surface area contributed by atoms with Gasteiger partial charge >= 0.3 is 0 Å². The third-order valence-corrected chi connectivity index (χ3v) is 3.03. The molecule has 0 saturated heterocycles. The Labute approximate surface area is 119 Å². The van der Waals surface area contributed by atoms with E-state index in [-0.39, 0.29) is 19.7 Å². The molecule has 0 fully saturated rings. The molecule has 1 aromatic carbocycles. The standard InChI is InChI=1S/C15H23F2NO2/c1-12-4-5-13(2)14(10-12)20-9-3-6-18(7-8-19)11-15(16)17/h4-5,10,15,19H,3,6-9,11H2,1-2H3. The number of nitrogens with zero attached hydrogens (tertiary/aromatic N) is 1. The highest BCUT2D eigenvalue weighted by Crippen LogP contribution is 2.19. The van der Waals surface area contributed by atoms with Crippen molar-refractivity contribution >= 4 is 0 Å². The molecule has 0 heterocycles. The second-order valence-electron chi connectivity index (χ2n) is 4.89. The lowest BCUT2D eigenvalue weighted by Crippen LogP contribution is -2.33. The summed E-state index contributed by atoms with van der Waals surface area (Å²) >= 11 is 0. The molecule has 114 valence electrons. The quantitative estimate of drug-likeness (QED) is 0.709. The third-order valence-electron chi connectivity index (χ3n) is 3.03. The normalized spacial score (nSPS) is 11.3. The second kappa shape index (κ2) is 8.87. The Kier molecular flexibility index (Phi) is 7.47. The van der Waals surface area contributed by atoms with Gasteiger partial charge in [0.15, 0.2) is 0 Å². The lowest BCUT2D eigenvalue weighted by Gasteiger charge is -2.20. The molecule has 0 aliphatic carbocycles. The average molecular weight is 287 g/mol. The number of aryl methyl sites for hydroxylation is 2. The van der Waals surface area contributed by atoms with E-state index < -0.39 is 6.43 Å². The molecule has 0 spiro atoms. The highest BCUT2D eigenvalue weighted by molar-refractivity contribution is 5.35. The number of hydrogen-bond acceptors (Lipinski definition) is 3. The van der Waals surface area contributed by atoms with Gasteiger partial charge in [0.25, 0.3) is 6.43 Å². The topological polar surface area (TPSA) is 32.7 Å². The molecule has 3 nitrogen and oxygen atoms in total. The van der Waals surface area contributed by atoms with Gasteiger partial charge in [-0.3, -0.25) is 4.90 Å². The van der Waals surface area contributed by atoms with Crippen molar-refractivity contribution in [3.63, 3.8) is 0 Å². The first-order valence-electron chi connectivity index (χ1n) is 6.84. The number of benzene rings is 1. The van der Waals surface area contributed by atoms with Crippen LogP contribution in [0.4, 0.5) is 8.78 Å². The molecular formula is C15H23F2NO2. The zero-order chi connectivity index (χ0) is 15.0. The number of rotatable bonds is 9. The summed E-state index contributed by atoms with van der Waals surface area (Å²) in [4.78, 5) is 1.55. The molecule has 0 aliphatic rings. The third kappa shape index (κ3) is 6.30. The number of alkyl halides is 2. The van der Waals surface area contributed by atoms with Gasteiger partial charge in [-0.05, 0) is 37.5 Å². The van der Waals surface area contributed by atoms with Crippen molar-refractivity contribution in [2.45, 2.75) is 26.7 Å². The first-order chi connectivity index (χ1) is 9.52. The molecular weight excluding hydrogens is 264 g/mol. The fourth-order valence-electron chi connectivity index (χ4n) is 1.96. The van der Waals surface area contributed by atoms with Crippen LogP contribution in [0, 0.1) is 13.8 Å². The van der Waals surface area contributed by atoms with Crippen molar-refractivity contribution in [2.75, 3.05) is 32.8 Å². The summed E-state index contributed by atoms with van der Waals surface area (Å²) in [7, 11) is 0. The Morgan fingerprint density at radius 2 is 2.00 bits per heavy atom. The maximum absolute atomic E-state index is 12.3. The smallest absolute Gasteiger partial charge is 0.251 e. The van der Waals surface area contributed by atoms with Crippen LogP contribution in [0.2, 0.25) is 0 Å². The van der Waals surface area contributed by atoms with E-state index in [0.29, 0.717) is 19.6 Å². The van der Waals surface area contributed by atoms with E-state index in [0.717, 1.165) is 16.9 Å². The summed E-state index contributed by atoms with van der Waals surface area (Å²) in [5.41, 5.74) is 2.20. The van der Waals surface area contributed by atoms with Crippen LogP contribution < -0.4 is 4.74 Å². The summed E-state index contributed by atoms with van der Waals surface area (Å²) in [6.07, 6.45) is -1.72. The van der Waals surface area contributed by atoms with E-state index in [4.69, 9.17) is 9.84 Å². The minimum absolute atomic E-state index is 0.107. The van der Waals surface area contributed by atoms with Crippen LogP contribution in [-0.2, 0) is 0 Å². The maximum atomic E-state index is 12.3. The van der Waals surface area contributed by atoms with Gasteiger partial charge in [0, 0.05) is 13.1 Å². The predicted molar refractivity (Wildman–Crippen MR) is 75.6 cm³/mol. The van der Waals surface area contributed by atoms with Gasteiger partial charge in [-0.1, -0.05) is 12.1 Å². The Balaban J connectivity index is 2.34. The predicted octanol–water partition coefficient (Wildman–Crippen LogP) is 2.63. The summed E-state index contributed by atoms with van der Waals surface area (Å²) in [5.74, 6) is 0.840. The van der Waals surface area contributed by atoms with Crippen molar-refractivity contribution in [3.8, 4) is 5.75 Å². The minimum Gasteiger partial charge on any atom is -0.493 e. The molecule has 0 aliphatic heterocycles. The highest BCUT2D eigenvalue weighted by Gasteiger charge is 2.11. The molecule has 0 amide bonds. The van der Waals surface area contributed by atoms with E-state index in [1.54, 1.807) is 4.90 Å². The lowest BCUT2D eigenvalue weighted by molar-refractivity contribution is 0.0754. The number of halogens is 2. The van der Waals surface area contributed by atoms with E-state index >= 15 is 0 Å². The van der Waals surface area contributed by atoms with Gasteiger partial charge in [-0.2, -0.15) is 0 Å². The van der Waals surface area contributed by atoms with E-state index in [1.165, 1.54) is 0 Å². The molecule has 0 radical (unpaired) electrons. The zero-order valence-electron chi connectivity index (χ0n) is 12.1. The van der Waals surface area contributed by atoms with E-state index in [2.05, 4.69) is 0 Å². The van der Waals surface area contributed by atoms with Crippen molar-refractivity contribution in [3.05, 3.63) is 29.3 Å². The number of aliphatic hydroxyl groups is 1. The van der Waals surface area contributed by atoms with Crippen LogP contribution >= 0.6 is 0 Å². The van der Waals surface area contributed by atoms with Crippen LogP contribution in [-0.4, -0.2) is 49.3 Å². The highest BCUT2D eigenvalue weighted by atomic mass is 19.3. The Bertz CT molecular complexity index is 399. The SMILES string of the molecule is Cc1ccc(C)c(OCCCN(CCO)CC(F)F)c1. The molecule has 20 heavy (non-hydrogen) atoms. The van der Waals surface area contributed by atoms with Crippen LogP contribution in [0.25, 0.3) is 0 Å². The molecule has 0 aromatic heterocycles. The molecule has 0 bridgehead atoms. The van der Waals surface area contributed by atoms with Crippen molar-refractivity contribution < 1.29 is 18.6 Å². The fourth-order valence-corrected chi connectivity index (χ4v) is 1.96. The van der Waals surface area contributed by atoms with Crippen molar-refractivity contribution in [2.24, 2.45) is 0 Å². The Hall–Kier alpha value is -1.20. The van der Waals surface area contributed by atoms with Crippen LogP contribution in [0.15, 0.2) is 18.2 Å². The number of aliphatic hydroxyl groups excluding tert-OH is 1. The fraction of sp³-hybridized carbons (Fsp3) is 0.600. The van der Waals surface area contributed by atoms with Crippen LogP contribution in [0.3, 0.4) is 0 Å². The Morgan fingerprint density at radius 1 is 1.25 bits per heavy atom. The molecule has 0 atom stereocenters. The summed E-state index contributed by atoms with van der Waals surface area (Å²) in [5, 5.41) is 8.83. The zero-order valence-corrected chi connectivity index (χ0v) is 12.1. The van der Waals surface area contributed by atoms with Gasteiger partial charge in [0.1, 0.15) is 5.75 Å². The molecule has 1 aromatic rings. The van der Waals surface area contributed by atoms with Gasteiger partial charge in [0.05, 0.1) is 19.8 Å². The van der Waals surface area contributed by atoms with Crippen LogP contribution in [0.1, 0.15) is 17.5 Å². The molecule has 1 N–H and O–H groups in total. The maximum Gasteiger partial charge on any atom is 0.251 e. The summed E-state index contributed by atoms with van der Waals surface area (Å²) in [6, 6.07) is 5.99. The van der Waals surface area contributed by atoms with Gasteiger partial charge in [0.2, 0.25) is 0 Å². The monoisotopic (exact) mass is 287 g/mol. The minimum atomic E-state index is -2.37. The van der Waals surface area contributed by atoms with E-state index in [1.807, 2.05) is 32.0 Å². The first-order valence-corrected chi connectivity index (χ1v) is 6.84. The number of hydrogen-bond donors (Lipinski definition) is 1. The van der Waals surface area contributed by atoms with Crippen molar-refractivity contribution in [1.82, 2.24) is 4.90 Å². The van der Waals surface area contributed by atoms with Gasteiger partial charge in [-0.25, -0.2) is 8.78 Å². The first kappa shape index (κ1) is 16.9. The summed E-state index contributed by atoms with van der Waals surface area (Å²) < 4.78 is 30.3. The van der Waals surface area contributed by atoms with Crippen molar-refractivity contribution in [1.29, 1.82) is 0 Å². The van der Waals surface area contributed by atoms with Gasteiger partial charge in [-0.15, -0.1) is 0 Å². The largest absolute Gasteiger partial charge is 0.493 e. The molecule has 0 saturated carbocycles. The average Bonchev–Trinajstić information content (AvgIpc) is 2.38. The molecule has 5 heteroatoms. The Morgan fingerprint density at radius 3 is 2.65 bits per heavy atom.